The van der Waals surface area contributed by atoms with Gasteiger partial charge in [-0.2, -0.15) is 0 Å². The van der Waals surface area contributed by atoms with Crippen molar-refractivity contribution in [1.29, 1.82) is 0 Å². The van der Waals surface area contributed by atoms with Gasteiger partial charge in [0.25, 0.3) is 5.91 Å². The van der Waals surface area contributed by atoms with E-state index in [0.29, 0.717) is 22.3 Å². The van der Waals surface area contributed by atoms with Crippen molar-refractivity contribution in [3.05, 3.63) is 52.0 Å². The number of rotatable bonds is 6. The average molecular weight is 410 g/mol. The number of hydrogen-bond donors (Lipinski definition) is 0. The first-order valence-corrected chi connectivity index (χ1v) is 9.37. The molecular weight excluding hydrogens is 389 g/mol. The second-order valence-corrected chi connectivity index (χ2v) is 7.12. The van der Waals surface area contributed by atoms with E-state index >= 15 is 0 Å². The highest BCUT2D eigenvalue weighted by atomic mass is 35.5. The van der Waals surface area contributed by atoms with Crippen molar-refractivity contribution in [3.8, 4) is 17.2 Å². The molecule has 5 nitrogen and oxygen atoms in total. The van der Waals surface area contributed by atoms with Gasteiger partial charge in [0.15, 0.2) is 6.61 Å². The van der Waals surface area contributed by atoms with Crippen LogP contribution in [-0.2, 0) is 4.79 Å². The molecule has 1 amide bonds. The molecule has 2 aromatic carbocycles. The van der Waals surface area contributed by atoms with Crippen LogP contribution in [0, 0.1) is 0 Å². The zero-order chi connectivity index (χ0) is 19.4. The molecule has 0 aromatic heterocycles. The third-order valence-electron chi connectivity index (χ3n) is 4.57. The van der Waals surface area contributed by atoms with Gasteiger partial charge in [-0.3, -0.25) is 4.79 Å². The SMILES string of the molecule is COc1ccc(OC)c([C@H]2CCCN2C(=O)COc2cc(Cl)cc(Cl)c2)c1. The van der Waals surface area contributed by atoms with E-state index in [1.807, 2.05) is 23.1 Å². The molecule has 1 aliphatic heterocycles. The molecule has 27 heavy (non-hydrogen) atoms. The van der Waals surface area contributed by atoms with Gasteiger partial charge < -0.3 is 19.1 Å². The lowest BCUT2D eigenvalue weighted by Gasteiger charge is -2.26. The third kappa shape index (κ3) is 4.60. The Bertz CT molecular complexity index is 807. The molecule has 1 atom stereocenters. The molecule has 1 aliphatic rings. The molecule has 1 saturated heterocycles. The smallest absolute Gasteiger partial charge is 0.261 e. The summed E-state index contributed by atoms with van der Waals surface area (Å²) in [5, 5.41) is 0.926. The van der Waals surface area contributed by atoms with Crippen molar-refractivity contribution in [2.24, 2.45) is 0 Å². The maximum Gasteiger partial charge on any atom is 0.261 e. The van der Waals surface area contributed by atoms with E-state index in [9.17, 15) is 4.79 Å². The van der Waals surface area contributed by atoms with E-state index in [0.717, 1.165) is 29.9 Å². The minimum absolute atomic E-state index is 0.0749. The number of carbonyl (C=O) groups is 1. The van der Waals surface area contributed by atoms with Crippen molar-refractivity contribution >= 4 is 29.1 Å². The summed E-state index contributed by atoms with van der Waals surface area (Å²) in [6.45, 7) is 0.586. The summed E-state index contributed by atoms with van der Waals surface area (Å²) in [5.41, 5.74) is 0.938. The first-order valence-electron chi connectivity index (χ1n) is 8.62. The summed E-state index contributed by atoms with van der Waals surface area (Å²) in [6.07, 6.45) is 1.78. The second kappa shape index (κ2) is 8.72. The van der Waals surface area contributed by atoms with Gasteiger partial charge in [-0.1, -0.05) is 23.2 Å². The van der Waals surface area contributed by atoms with E-state index in [1.165, 1.54) is 0 Å². The zero-order valence-corrected chi connectivity index (χ0v) is 16.7. The first-order chi connectivity index (χ1) is 13.0. The fourth-order valence-corrected chi connectivity index (χ4v) is 3.83. The number of likely N-dealkylation sites (tertiary alicyclic amines) is 1. The van der Waals surface area contributed by atoms with E-state index in [-0.39, 0.29) is 18.6 Å². The Kier molecular flexibility index (Phi) is 6.34. The van der Waals surface area contributed by atoms with Crippen molar-refractivity contribution in [2.75, 3.05) is 27.4 Å². The Balaban J connectivity index is 1.75. The zero-order valence-electron chi connectivity index (χ0n) is 15.2. The van der Waals surface area contributed by atoms with Gasteiger partial charge in [0.2, 0.25) is 0 Å². The van der Waals surface area contributed by atoms with Crippen LogP contribution in [0.2, 0.25) is 10.0 Å². The topological polar surface area (TPSA) is 48.0 Å². The predicted molar refractivity (Wildman–Crippen MR) is 105 cm³/mol. The number of carbonyl (C=O) groups excluding carboxylic acids is 1. The molecule has 0 radical (unpaired) electrons. The Morgan fingerprint density at radius 3 is 2.48 bits per heavy atom. The highest BCUT2D eigenvalue weighted by molar-refractivity contribution is 6.34. The van der Waals surface area contributed by atoms with Crippen LogP contribution >= 0.6 is 23.2 Å². The Hall–Kier alpha value is -2.11. The first kappa shape index (κ1) is 19.6. The number of halogens is 2. The summed E-state index contributed by atoms with van der Waals surface area (Å²) >= 11 is 11.9. The quantitative estimate of drug-likeness (QED) is 0.690. The normalized spacial score (nSPS) is 16.3. The van der Waals surface area contributed by atoms with Crippen LogP contribution < -0.4 is 14.2 Å². The van der Waals surface area contributed by atoms with Gasteiger partial charge in [0, 0.05) is 22.2 Å². The lowest BCUT2D eigenvalue weighted by molar-refractivity contribution is -0.134. The fraction of sp³-hybridized carbons (Fsp3) is 0.350. The van der Waals surface area contributed by atoms with Gasteiger partial charge in [0.1, 0.15) is 17.2 Å². The molecule has 0 bridgehead atoms. The third-order valence-corrected chi connectivity index (χ3v) is 5.00. The number of amides is 1. The number of benzene rings is 2. The standard InChI is InChI=1S/C20H21Cl2NO4/c1-25-15-5-6-19(26-2)17(11-15)18-4-3-7-23(18)20(24)12-27-16-9-13(21)8-14(22)10-16/h5-6,8-11,18H,3-4,7,12H2,1-2H3/t18-/m1/s1. The Morgan fingerprint density at radius 1 is 1.07 bits per heavy atom. The van der Waals surface area contributed by atoms with E-state index < -0.39 is 0 Å². The molecule has 3 rings (SSSR count). The molecule has 0 N–H and O–H groups in total. The molecule has 0 spiro atoms. The molecule has 1 heterocycles. The summed E-state index contributed by atoms with van der Waals surface area (Å²) < 4.78 is 16.4. The van der Waals surface area contributed by atoms with Gasteiger partial charge >= 0.3 is 0 Å². The van der Waals surface area contributed by atoms with Crippen molar-refractivity contribution < 1.29 is 19.0 Å². The van der Waals surface area contributed by atoms with Gasteiger partial charge in [-0.15, -0.1) is 0 Å². The van der Waals surface area contributed by atoms with E-state index in [1.54, 1.807) is 32.4 Å². The highest BCUT2D eigenvalue weighted by Crippen LogP contribution is 2.39. The van der Waals surface area contributed by atoms with Crippen molar-refractivity contribution in [1.82, 2.24) is 4.90 Å². The molecule has 2 aromatic rings. The number of hydrogen-bond acceptors (Lipinski definition) is 4. The monoisotopic (exact) mass is 409 g/mol. The van der Waals surface area contributed by atoms with Crippen molar-refractivity contribution in [2.45, 2.75) is 18.9 Å². The molecule has 144 valence electrons. The van der Waals surface area contributed by atoms with Crippen LogP contribution in [0.1, 0.15) is 24.4 Å². The minimum Gasteiger partial charge on any atom is -0.497 e. The van der Waals surface area contributed by atoms with Crippen molar-refractivity contribution in [3.63, 3.8) is 0 Å². The van der Waals surface area contributed by atoms with Crippen LogP contribution in [0.25, 0.3) is 0 Å². The Morgan fingerprint density at radius 2 is 1.81 bits per heavy atom. The predicted octanol–water partition coefficient (Wildman–Crippen LogP) is 4.75. The second-order valence-electron chi connectivity index (χ2n) is 6.25. The van der Waals surface area contributed by atoms with Gasteiger partial charge in [0.05, 0.1) is 20.3 Å². The largest absolute Gasteiger partial charge is 0.497 e. The molecule has 7 heteroatoms. The summed E-state index contributed by atoms with van der Waals surface area (Å²) in [4.78, 5) is 14.6. The lowest BCUT2D eigenvalue weighted by Crippen LogP contribution is -2.34. The van der Waals surface area contributed by atoms with Crippen LogP contribution in [0.4, 0.5) is 0 Å². The number of nitrogens with zero attached hydrogens (tertiary/aromatic N) is 1. The molecular formula is C20H21Cl2NO4. The van der Waals surface area contributed by atoms with Crippen LogP contribution in [0.5, 0.6) is 17.2 Å². The molecule has 1 fully saturated rings. The molecule has 0 saturated carbocycles. The van der Waals surface area contributed by atoms with Gasteiger partial charge in [-0.25, -0.2) is 0 Å². The minimum atomic E-state index is -0.0986. The maximum absolute atomic E-state index is 12.8. The van der Waals surface area contributed by atoms with Crippen LogP contribution in [0.15, 0.2) is 36.4 Å². The highest BCUT2D eigenvalue weighted by Gasteiger charge is 2.32. The van der Waals surface area contributed by atoms with E-state index in [4.69, 9.17) is 37.4 Å². The van der Waals surface area contributed by atoms with Gasteiger partial charge in [-0.05, 0) is 49.2 Å². The Labute approximate surface area is 168 Å². The fourth-order valence-electron chi connectivity index (χ4n) is 3.33. The summed E-state index contributed by atoms with van der Waals surface area (Å²) in [6, 6.07) is 10.4. The number of methoxy groups -OCH3 is 2. The number of ether oxygens (including phenoxy) is 3. The maximum atomic E-state index is 12.8. The molecule has 0 aliphatic carbocycles. The summed E-state index contributed by atoms with van der Waals surface area (Å²) in [5.74, 6) is 1.84. The average Bonchev–Trinajstić information content (AvgIpc) is 3.14. The van der Waals surface area contributed by atoms with E-state index in [2.05, 4.69) is 0 Å². The van der Waals surface area contributed by atoms with Crippen LogP contribution in [-0.4, -0.2) is 38.2 Å². The van der Waals surface area contributed by atoms with Crippen LogP contribution in [0.3, 0.4) is 0 Å². The lowest BCUT2D eigenvalue weighted by atomic mass is 10.0. The molecule has 0 unspecified atom stereocenters. The summed E-state index contributed by atoms with van der Waals surface area (Å²) in [7, 11) is 3.24.